The molecule has 0 unspecified atom stereocenters. The van der Waals surface area contributed by atoms with Crippen LogP contribution in [0.3, 0.4) is 0 Å². The summed E-state index contributed by atoms with van der Waals surface area (Å²) in [6, 6.07) is 9.14. The monoisotopic (exact) mass is 313 g/mol. The number of fused-ring (bicyclic) bond motifs is 1. The van der Waals surface area contributed by atoms with Gasteiger partial charge in [0.25, 0.3) is 0 Å². The van der Waals surface area contributed by atoms with E-state index in [1.54, 1.807) is 0 Å². The zero-order valence-electron chi connectivity index (χ0n) is 11.7. The second-order valence-electron chi connectivity index (χ2n) is 4.51. The Kier molecular flexibility index (Phi) is 3.83. The molecule has 0 aliphatic carbocycles. The molecule has 3 aromatic rings. The van der Waals surface area contributed by atoms with E-state index < -0.39 is 12.1 Å². The van der Waals surface area contributed by atoms with Crippen LogP contribution in [0.25, 0.3) is 11.0 Å². The molecule has 0 atom stereocenters. The van der Waals surface area contributed by atoms with Gasteiger partial charge in [-0.2, -0.15) is 5.10 Å². The smallest absolute Gasteiger partial charge is 0.413 e. The summed E-state index contributed by atoms with van der Waals surface area (Å²) in [6.07, 6.45) is 0.410. The van der Waals surface area contributed by atoms with Gasteiger partial charge in [0, 0.05) is 0 Å². The lowest BCUT2D eigenvalue weighted by Gasteiger charge is -2.07. The van der Waals surface area contributed by atoms with Crippen LogP contribution < -0.4 is 5.32 Å². The fraction of sp³-hybridized carbons (Fsp3) is 0.0714. The number of aromatic nitrogens is 4. The highest BCUT2D eigenvalue weighted by molar-refractivity contribution is 6.06. The number of carbonyl (C=O) groups is 2. The van der Waals surface area contributed by atoms with Gasteiger partial charge in [0.2, 0.25) is 0 Å². The molecule has 0 bridgehead atoms. The van der Waals surface area contributed by atoms with Gasteiger partial charge in [0.15, 0.2) is 17.2 Å². The quantitative estimate of drug-likeness (QED) is 0.669. The Bertz CT molecular complexity index is 862. The maximum atomic E-state index is 11.9. The van der Waals surface area contributed by atoms with Crippen LogP contribution in [-0.4, -0.2) is 37.3 Å². The number of carboxylic acids is 1. The van der Waals surface area contributed by atoms with E-state index in [1.807, 2.05) is 30.3 Å². The number of rotatable bonds is 4. The second-order valence-corrected chi connectivity index (χ2v) is 4.51. The molecule has 0 saturated carbocycles. The number of aromatic amines is 1. The van der Waals surface area contributed by atoms with E-state index in [-0.39, 0.29) is 29.2 Å². The first-order valence-corrected chi connectivity index (χ1v) is 6.55. The molecule has 2 aromatic heterocycles. The van der Waals surface area contributed by atoms with E-state index in [4.69, 9.17) is 9.84 Å². The molecule has 3 N–H and O–H groups in total. The van der Waals surface area contributed by atoms with Gasteiger partial charge in [0.05, 0.1) is 5.39 Å². The van der Waals surface area contributed by atoms with Crippen molar-refractivity contribution in [2.45, 2.75) is 6.61 Å². The predicted octanol–water partition coefficient (Wildman–Crippen LogP) is 1.80. The third-order valence-corrected chi connectivity index (χ3v) is 3.00. The van der Waals surface area contributed by atoms with Crippen LogP contribution in [0.1, 0.15) is 16.1 Å². The van der Waals surface area contributed by atoms with Gasteiger partial charge >= 0.3 is 12.1 Å². The number of hydrogen-bond donors (Lipinski definition) is 3. The summed E-state index contributed by atoms with van der Waals surface area (Å²) in [5.74, 6) is -1.22. The first-order valence-electron chi connectivity index (χ1n) is 6.55. The highest BCUT2D eigenvalue weighted by Gasteiger charge is 2.19. The van der Waals surface area contributed by atoms with E-state index in [0.29, 0.717) is 0 Å². The van der Waals surface area contributed by atoms with Crippen molar-refractivity contribution >= 4 is 28.9 Å². The van der Waals surface area contributed by atoms with Gasteiger partial charge in [-0.3, -0.25) is 10.4 Å². The Labute approximate surface area is 129 Å². The number of hydrogen-bond acceptors (Lipinski definition) is 6. The molecular weight excluding hydrogens is 302 g/mol. The van der Waals surface area contributed by atoms with Crippen LogP contribution in [0, 0.1) is 0 Å². The van der Waals surface area contributed by atoms with E-state index in [0.717, 1.165) is 5.56 Å². The zero-order chi connectivity index (χ0) is 16.2. The molecule has 1 aromatic carbocycles. The molecule has 9 heteroatoms. The van der Waals surface area contributed by atoms with Gasteiger partial charge in [0.1, 0.15) is 12.9 Å². The number of aromatic carboxylic acids is 1. The van der Waals surface area contributed by atoms with Crippen LogP contribution in [0.15, 0.2) is 36.7 Å². The summed E-state index contributed by atoms with van der Waals surface area (Å²) in [5, 5.41) is 17.7. The summed E-state index contributed by atoms with van der Waals surface area (Å²) in [5.41, 5.74) is 0.750. The first-order chi connectivity index (χ1) is 11.1. The molecule has 1 amide bonds. The number of ether oxygens (including phenoxy) is 1. The van der Waals surface area contributed by atoms with Gasteiger partial charge in [-0.25, -0.2) is 19.6 Å². The fourth-order valence-corrected chi connectivity index (χ4v) is 1.96. The van der Waals surface area contributed by atoms with Gasteiger partial charge in [-0.1, -0.05) is 30.3 Å². The minimum Gasteiger partial charge on any atom is -0.477 e. The molecule has 0 saturated heterocycles. The Morgan fingerprint density at radius 2 is 2.00 bits per heavy atom. The normalized spacial score (nSPS) is 10.4. The van der Waals surface area contributed by atoms with Crippen molar-refractivity contribution in [2.75, 3.05) is 5.32 Å². The topological polar surface area (TPSA) is 130 Å². The van der Waals surface area contributed by atoms with Gasteiger partial charge in [-0.05, 0) is 5.56 Å². The standard InChI is InChI=1S/C14H11N5O4/c20-13(21)10-9-11(15-7-16-12(9)19-18-10)17-14(22)23-6-8-4-2-1-3-5-8/h1-5,7H,6H2,(H,20,21)(H2,15,16,17,18,19,22). The largest absolute Gasteiger partial charge is 0.477 e. The van der Waals surface area contributed by atoms with Crippen LogP contribution in [0.4, 0.5) is 10.6 Å². The van der Waals surface area contributed by atoms with Gasteiger partial charge < -0.3 is 9.84 Å². The Hall–Kier alpha value is -3.49. The third-order valence-electron chi connectivity index (χ3n) is 3.00. The molecule has 0 spiro atoms. The maximum absolute atomic E-state index is 11.9. The number of carboxylic acid groups (broad SMARTS) is 1. The second kappa shape index (κ2) is 6.10. The van der Waals surface area contributed by atoms with E-state index in [9.17, 15) is 9.59 Å². The molecular formula is C14H11N5O4. The van der Waals surface area contributed by atoms with Crippen molar-refractivity contribution in [3.05, 3.63) is 47.9 Å². The number of amides is 1. The Balaban J connectivity index is 1.77. The van der Waals surface area contributed by atoms with Crippen molar-refractivity contribution in [1.82, 2.24) is 20.2 Å². The molecule has 9 nitrogen and oxygen atoms in total. The number of nitrogens with zero attached hydrogens (tertiary/aromatic N) is 3. The van der Waals surface area contributed by atoms with Crippen molar-refractivity contribution in [2.24, 2.45) is 0 Å². The highest BCUT2D eigenvalue weighted by atomic mass is 16.5. The number of benzene rings is 1. The lowest BCUT2D eigenvalue weighted by atomic mass is 10.2. The molecule has 116 valence electrons. The average Bonchev–Trinajstić information content (AvgIpc) is 2.99. The molecule has 3 rings (SSSR count). The van der Waals surface area contributed by atoms with Crippen molar-refractivity contribution < 1.29 is 19.4 Å². The fourth-order valence-electron chi connectivity index (χ4n) is 1.96. The summed E-state index contributed by atoms with van der Waals surface area (Å²) in [4.78, 5) is 30.7. The number of H-pyrrole nitrogens is 1. The number of nitrogens with one attached hydrogen (secondary N) is 2. The molecule has 0 radical (unpaired) electrons. The van der Waals surface area contributed by atoms with Crippen LogP contribution in [0.5, 0.6) is 0 Å². The zero-order valence-corrected chi connectivity index (χ0v) is 11.7. The average molecular weight is 313 g/mol. The van der Waals surface area contributed by atoms with Crippen molar-refractivity contribution in [1.29, 1.82) is 0 Å². The van der Waals surface area contributed by atoms with E-state index in [2.05, 4.69) is 25.5 Å². The summed E-state index contributed by atoms with van der Waals surface area (Å²) in [7, 11) is 0. The van der Waals surface area contributed by atoms with Gasteiger partial charge in [-0.15, -0.1) is 0 Å². The number of carbonyl (C=O) groups excluding carboxylic acids is 1. The Morgan fingerprint density at radius 3 is 2.74 bits per heavy atom. The summed E-state index contributed by atoms with van der Waals surface area (Å²) >= 11 is 0. The third kappa shape index (κ3) is 3.07. The highest BCUT2D eigenvalue weighted by Crippen LogP contribution is 2.21. The van der Waals surface area contributed by atoms with Crippen molar-refractivity contribution in [3.8, 4) is 0 Å². The lowest BCUT2D eigenvalue weighted by molar-refractivity contribution is 0.0692. The van der Waals surface area contributed by atoms with Crippen LogP contribution in [0.2, 0.25) is 0 Å². The van der Waals surface area contributed by atoms with Crippen molar-refractivity contribution in [3.63, 3.8) is 0 Å². The molecule has 23 heavy (non-hydrogen) atoms. The van der Waals surface area contributed by atoms with Crippen LogP contribution >= 0.6 is 0 Å². The Morgan fingerprint density at radius 1 is 1.22 bits per heavy atom. The molecule has 0 fully saturated rings. The lowest BCUT2D eigenvalue weighted by Crippen LogP contribution is -2.15. The summed E-state index contributed by atoms with van der Waals surface area (Å²) < 4.78 is 5.07. The first kappa shape index (κ1) is 14.4. The van der Waals surface area contributed by atoms with Crippen LogP contribution in [-0.2, 0) is 11.3 Å². The molecule has 0 aliphatic heterocycles. The van der Waals surface area contributed by atoms with E-state index >= 15 is 0 Å². The maximum Gasteiger partial charge on any atom is 0.413 e. The summed E-state index contributed by atoms with van der Waals surface area (Å²) in [6.45, 7) is 0.0814. The minimum atomic E-state index is -1.23. The number of anilines is 1. The van der Waals surface area contributed by atoms with E-state index in [1.165, 1.54) is 6.33 Å². The minimum absolute atomic E-state index is 0.0132. The predicted molar refractivity (Wildman–Crippen MR) is 78.9 cm³/mol. The SMILES string of the molecule is O=C(Nc1ncnc2n[nH]c(C(=O)O)c12)OCc1ccccc1. The molecule has 0 aliphatic rings. The molecule has 2 heterocycles.